The van der Waals surface area contributed by atoms with Gasteiger partial charge in [-0.3, -0.25) is 19.3 Å². The SMILES string of the molecule is CN1C(=O)c2ccc(NC(=O)Cc3cccc(F)c3)cc2C1=O. The number of halogens is 1. The quantitative estimate of drug-likeness (QED) is 0.884. The van der Waals surface area contributed by atoms with Crippen LogP contribution in [0.4, 0.5) is 10.1 Å². The summed E-state index contributed by atoms with van der Waals surface area (Å²) in [6.45, 7) is 0. The zero-order valence-electron chi connectivity index (χ0n) is 12.3. The molecule has 3 amide bonds. The van der Waals surface area contributed by atoms with Crippen LogP contribution in [0.3, 0.4) is 0 Å². The number of carbonyl (C=O) groups is 3. The number of nitrogens with zero attached hydrogens (tertiary/aromatic N) is 1. The summed E-state index contributed by atoms with van der Waals surface area (Å²) in [5.41, 5.74) is 1.55. The molecular formula is C17H13FN2O3. The monoisotopic (exact) mass is 312 g/mol. The van der Waals surface area contributed by atoms with Crippen molar-refractivity contribution in [1.82, 2.24) is 4.90 Å². The van der Waals surface area contributed by atoms with Crippen LogP contribution in [-0.4, -0.2) is 29.7 Å². The molecule has 0 saturated carbocycles. The van der Waals surface area contributed by atoms with Crippen LogP contribution in [0.15, 0.2) is 42.5 Å². The van der Waals surface area contributed by atoms with E-state index in [1.54, 1.807) is 12.1 Å². The maximum Gasteiger partial charge on any atom is 0.261 e. The van der Waals surface area contributed by atoms with Crippen molar-refractivity contribution in [3.05, 3.63) is 65.0 Å². The summed E-state index contributed by atoms with van der Waals surface area (Å²) < 4.78 is 13.1. The van der Waals surface area contributed by atoms with Gasteiger partial charge >= 0.3 is 0 Å². The minimum Gasteiger partial charge on any atom is -0.326 e. The van der Waals surface area contributed by atoms with Gasteiger partial charge in [0.2, 0.25) is 5.91 Å². The highest BCUT2D eigenvalue weighted by atomic mass is 19.1. The molecule has 0 aromatic heterocycles. The van der Waals surface area contributed by atoms with E-state index in [1.807, 2.05) is 0 Å². The Hall–Kier alpha value is -3.02. The molecule has 3 rings (SSSR count). The van der Waals surface area contributed by atoms with Crippen molar-refractivity contribution in [2.75, 3.05) is 12.4 Å². The van der Waals surface area contributed by atoms with Gasteiger partial charge in [-0.05, 0) is 35.9 Å². The predicted molar refractivity (Wildman–Crippen MR) is 81.6 cm³/mol. The van der Waals surface area contributed by atoms with Gasteiger partial charge in [-0.2, -0.15) is 0 Å². The number of hydrogen-bond acceptors (Lipinski definition) is 3. The fraction of sp³-hybridized carbons (Fsp3) is 0.118. The van der Waals surface area contributed by atoms with Crippen LogP contribution in [0.1, 0.15) is 26.3 Å². The Labute approximate surface area is 131 Å². The van der Waals surface area contributed by atoms with E-state index >= 15 is 0 Å². The third-order valence-electron chi connectivity index (χ3n) is 3.63. The number of nitrogens with one attached hydrogen (secondary N) is 1. The molecule has 2 aromatic carbocycles. The molecular weight excluding hydrogens is 299 g/mol. The maximum absolute atomic E-state index is 13.1. The maximum atomic E-state index is 13.1. The molecule has 2 aromatic rings. The number of hydrogen-bond donors (Lipinski definition) is 1. The van der Waals surface area contributed by atoms with E-state index in [-0.39, 0.29) is 23.8 Å². The number of fused-ring (bicyclic) bond motifs is 1. The van der Waals surface area contributed by atoms with Gasteiger partial charge in [0.1, 0.15) is 5.82 Å². The molecule has 1 aliphatic rings. The lowest BCUT2D eigenvalue weighted by atomic mass is 10.1. The number of anilines is 1. The van der Waals surface area contributed by atoms with Crippen LogP contribution in [0.5, 0.6) is 0 Å². The van der Waals surface area contributed by atoms with Crippen molar-refractivity contribution in [2.24, 2.45) is 0 Å². The molecule has 1 N–H and O–H groups in total. The average molecular weight is 312 g/mol. The molecule has 0 spiro atoms. The van der Waals surface area contributed by atoms with E-state index in [2.05, 4.69) is 5.32 Å². The fourth-order valence-corrected chi connectivity index (χ4v) is 2.48. The standard InChI is InChI=1S/C17H13FN2O3/c1-20-16(22)13-6-5-12(9-14(13)17(20)23)19-15(21)8-10-3-2-4-11(18)7-10/h2-7,9H,8H2,1H3,(H,19,21). The minimum absolute atomic E-state index is 0.0155. The van der Waals surface area contributed by atoms with Gasteiger partial charge in [-0.25, -0.2) is 4.39 Å². The number of amides is 3. The lowest BCUT2D eigenvalue weighted by Gasteiger charge is -2.06. The van der Waals surface area contributed by atoms with Crippen LogP contribution in [0.25, 0.3) is 0 Å². The van der Waals surface area contributed by atoms with Gasteiger partial charge in [-0.1, -0.05) is 12.1 Å². The van der Waals surface area contributed by atoms with E-state index < -0.39 is 11.7 Å². The van der Waals surface area contributed by atoms with Gasteiger partial charge in [0.05, 0.1) is 17.5 Å². The van der Waals surface area contributed by atoms with E-state index in [9.17, 15) is 18.8 Å². The van der Waals surface area contributed by atoms with Crippen molar-refractivity contribution in [2.45, 2.75) is 6.42 Å². The first-order chi connectivity index (χ1) is 11.0. The summed E-state index contributed by atoms with van der Waals surface area (Å²) in [6, 6.07) is 10.3. The highest BCUT2D eigenvalue weighted by molar-refractivity contribution is 6.21. The first kappa shape index (κ1) is 14.9. The molecule has 0 radical (unpaired) electrons. The Morgan fingerprint density at radius 1 is 1.09 bits per heavy atom. The van der Waals surface area contributed by atoms with Crippen molar-refractivity contribution in [3.8, 4) is 0 Å². The fourth-order valence-electron chi connectivity index (χ4n) is 2.48. The van der Waals surface area contributed by atoms with Gasteiger partial charge in [0, 0.05) is 12.7 Å². The molecule has 0 fully saturated rings. The second kappa shape index (κ2) is 5.64. The molecule has 23 heavy (non-hydrogen) atoms. The second-order valence-corrected chi connectivity index (χ2v) is 5.28. The smallest absolute Gasteiger partial charge is 0.261 e. The topological polar surface area (TPSA) is 66.5 Å². The van der Waals surface area contributed by atoms with Crippen molar-refractivity contribution >= 4 is 23.4 Å². The normalized spacial score (nSPS) is 13.2. The molecule has 1 heterocycles. The first-order valence-electron chi connectivity index (χ1n) is 6.96. The molecule has 0 saturated heterocycles. The van der Waals surface area contributed by atoms with Crippen molar-refractivity contribution < 1.29 is 18.8 Å². The van der Waals surface area contributed by atoms with Crippen LogP contribution in [0.2, 0.25) is 0 Å². The van der Waals surface area contributed by atoms with Crippen LogP contribution in [-0.2, 0) is 11.2 Å². The predicted octanol–water partition coefficient (Wildman–Crippen LogP) is 2.23. The first-order valence-corrected chi connectivity index (χ1v) is 6.96. The zero-order valence-corrected chi connectivity index (χ0v) is 12.3. The summed E-state index contributed by atoms with van der Waals surface area (Å²) >= 11 is 0. The number of carbonyl (C=O) groups excluding carboxylic acids is 3. The molecule has 0 atom stereocenters. The zero-order chi connectivity index (χ0) is 16.6. The summed E-state index contributed by atoms with van der Waals surface area (Å²) in [5.74, 6) is -1.49. The lowest BCUT2D eigenvalue weighted by molar-refractivity contribution is -0.115. The molecule has 1 aliphatic heterocycles. The van der Waals surface area contributed by atoms with E-state index in [4.69, 9.17) is 0 Å². The number of benzene rings is 2. The Morgan fingerprint density at radius 2 is 1.83 bits per heavy atom. The second-order valence-electron chi connectivity index (χ2n) is 5.28. The Kier molecular flexibility index (Phi) is 3.65. The lowest BCUT2D eigenvalue weighted by Crippen LogP contribution is -2.24. The van der Waals surface area contributed by atoms with Gasteiger partial charge in [0.25, 0.3) is 11.8 Å². The Bertz CT molecular complexity index is 832. The summed E-state index contributed by atoms with van der Waals surface area (Å²) in [7, 11) is 1.41. The summed E-state index contributed by atoms with van der Waals surface area (Å²) in [5, 5.41) is 2.65. The molecule has 0 aliphatic carbocycles. The highest BCUT2D eigenvalue weighted by Gasteiger charge is 2.32. The summed E-state index contributed by atoms with van der Waals surface area (Å²) in [6.07, 6.45) is 0.0155. The van der Waals surface area contributed by atoms with Gasteiger partial charge in [0.15, 0.2) is 0 Å². The highest BCUT2D eigenvalue weighted by Crippen LogP contribution is 2.24. The van der Waals surface area contributed by atoms with Crippen LogP contribution >= 0.6 is 0 Å². The number of imide groups is 1. The van der Waals surface area contributed by atoms with Gasteiger partial charge in [-0.15, -0.1) is 0 Å². The van der Waals surface area contributed by atoms with Crippen molar-refractivity contribution in [1.29, 1.82) is 0 Å². The van der Waals surface area contributed by atoms with Gasteiger partial charge < -0.3 is 5.32 Å². The molecule has 5 nitrogen and oxygen atoms in total. The summed E-state index contributed by atoms with van der Waals surface area (Å²) in [4.78, 5) is 36.8. The minimum atomic E-state index is -0.403. The molecule has 0 unspecified atom stereocenters. The number of rotatable bonds is 3. The Morgan fingerprint density at radius 3 is 2.57 bits per heavy atom. The van der Waals surface area contributed by atoms with Crippen LogP contribution in [0, 0.1) is 5.82 Å². The van der Waals surface area contributed by atoms with Crippen LogP contribution < -0.4 is 5.32 Å². The molecule has 0 bridgehead atoms. The Balaban J connectivity index is 1.76. The van der Waals surface area contributed by atoms with E-state index in [0.717, 1.165) is 4.90 Å². The molecule has 6 heteroatoms. The third kappa shape index (κ3) is 2.83. The van der Waals surface area contributed by atoms with E-state index in [1.165, 1.54) is 37.4 Å². The third-order valence-corrected chi connectivity index (χ3v) is 3.63. The molecule has 116 valence electrons. The largest absolute Gasteiger partial charge is 0.326 e. The van der Waals surface area contributed by atoms with E-state index in [0.29, 0.717) is 16.8 Å². The van der Waals surface area contributed by atoms with Crippen molar-refractivity contribution in [3.63, 3.8) is 0 Å². The average Bonchev–Trinajstić information content (AvgIpc) is 2.72.